The third-order valence-electron chi connectivity index (χ3n) is 12.4. The molecule has 21 nitrogen and oxygen atoms in total. The molecule has 4 atom stereocenters. The molecule has 2 fully saturated rings. The van der Waals surface area contributed by atoms with Crippen LogP contribution in [0.1, 0.15) is 11.1 Å². The van der Waals surface area contributed by atoms with Crippen LogP contribution in [0.2, 0.25) is 143 Å². The lowest BCUT2D eigenvalue weighted by Crippen LogP contribution is -2.62. The van der Waals surface area contributed by atoms with E-state index in [-0.39, 0.29) is 0 Å². The van der Waals surface area contributed by atoms with E-state index in [1.54, 1.807) is 0 Å². The largest absolute Gasteiger partial charge is 0.495 e. The predicted octanol–water partition coefficient (Wildman–Crippen LogP) is 7.30. The Balaban J connectivity index is 1.26. The molecule has 0 bridgehead atoms. The van der Waals surface area contributed by atoms with Gasteiger partial charge in [0, 0.05) is 0 Å². The molecule has 4 rings (SSSR count). The summed E-state index contributed by atoms with van der Waals surface area (Å²) in [4.78, 5) is 49.2. The zero-order valence-electron chi connectivity index (χ0n) is 52.5. The number of rotatable bonds is 30. The van der Waals surface area contributed by atoms with Crippen LogP contribution in [0.3, 0.4) is 0 Å². The van der Waals surface area contributed by atoms with E-state index in [1.165, 1.54) is 28.4 Å². The highest BCUT2D eigenvalue weighted by Crippen LogP contribution is 2.32. The molecule has 81 heavy (non-hydrogen) atoms. The van der Waals surface area contributed by atoms with Gasteiger partial charge in [0.15, 0.2) is 41.1 Å². The number of ether oxygens (including phenoxy) is 4. The van der Waals surface area contributed by atoms with E-state index in [1.807, 2.05) is 127 Å². The molecule has 456 valence electrons. The molecule has 2 heterocycles. The van der Waals surface area contributed by atoms with Gasteiger partial charge in [0.1, 0.15) is 0 Å². The zero-order chi connectivity index (χ0) is 61.6. The third-order valence-corrected chi connectivity index (χ3v) is 51.2. The van der Waals surface area contributed by atoms with Crippen molar-refractivity contribution in [2.75, 3.05) is 28.4 Å². The van der Waals surface area contributed by atoms with E-state index in [2.05, 4.69) is 52.4 Å². The second-order valence-electron chi connectivity index (χ2n) is 25.1. The SMILES string of the molecule is COC(=O)[C@H]1OB(c2ccc(CC[Si](C)(C)O[Si](C)(C)O[Si](C)(C)O[Si](C)(C)O[Si](C)(C)O[Si](C)(C)O[Si](C)(C)O[Si](C)(C)O[Si](C)(C)O[Si](C)(C)CCc3ccc(B4O[C@H](C(=O)OC)[C@@H](C(=O)OC)O4)cc3)cc2)O[C@@H]1C(=O)OC. The summed E-state index contributed by atoms with van der Waals surface area (Å²) in [6, 6.07) is 17.1. The Morgan fingerprint density at radius 2 is 0.519 bits per heavy atom. The molecular weight excluding hydrogens is 1210 g/mol. The molecule has 2 saturated heterocycles. The van der Waals surface area contributed by atoms with Crippen molar-refractivity contribution >= 4 is 134 Å². The Morgan fingerprint density at radius 3 is 0.704 bits per heavy atom. The minimum atomic E-state index is -2.85. The van der Waals surface area contributed by atoms with Crippen molar-refractivity contribution in [3.8, 4) is 0 Å². The van der Waals surface area contributed by atoms with E-state index in [4.69, 9.17) is 74.6 Å². The lowest BCUT2D eigenvalue weighted by molar-refractivity contribution is -0.160. The number of aryl methyl sites for hydroxylation is 2. The Labute approximate surface area is 493 Å². The summed E-state index contributed by atoms with van der Waals surface area (Å²) in [7, 11) is -23.9. The molecule has 2 aliphatic heterocycles. The maximum Gasteiger partial charge on any atom is 0.495 e. The fourth-order valence-corrected chi connectivity index (χ4v) is 61.4. The van der Waals surface area contributed by atoms with Crippen molar-refractivity contribution in [2.24, 2.45) is 0 Å². The van der Waals surface area contributed by atoms with Crippen LogP contribution in [0.25, 0.3) is 0 Å². The molecule has 2 aliphatic rings. The molecule has 0 spiro atoms. The fraction of sp³-hybridized carbons (Fsp3) is 0.667. The maximum absolute atomic E-state index is 12.3. The first kappa shape index (κ1) is 71.6. The molecule has 0 aromatic heterocycles. The first-order valence-electron chi connectivity index (χ1n) is 27.3. The van der Waals surface area contributed by atoms with Crippen molar-refractivity contribution in [1.29, 1.82) is 0 Å². The molecule has 2 aromatic carbocycles. The minimum absolute atomic E-state index is 0.661. The molecule has 0 aliphatic carbocycles. The van der Waals surface area contributed by atoms with Gasteiger partial charge in [-0.3, -0.25) is 0 Å². The highest BCUT2D eigenvalue weighted by atomic mass is 28.5. The number of esters is 4. The van der Waals surface area contributed by atoms with Crippen LogP contribution in [0.5, 0.6) is 0 Å². The number of methoxy groups -OCH3 is 4. The molecular formula is C48H92B2O21Si10. The van der Waals surface area contributed by atoms with E-state index >= 15 is 0 Å². The van der Waals surface area contributed by atoms with Crippen molar-refractivity contribution in [3.05, 3.63) is 59.7 Å². The maximum atomic E-state index is 12.3. The van der Waals surface area contributed by atoms with Crippen LogP contribution in [0.15, 0.2) is 48.5 Å². The van der Waals surface area contributed by atoms with Crippen molar-refractivity contribution < 1.29 is 93.8 Å². The quantitative estimate of drug-likeness (QED) is 0.0425. The highest BCUT2D eigenvalue weighted by molar-refractivity contribution is 6.93. The topological polar surface area (TPSA) is 225 Å². The van der Waals surface area contributed by atoms with Crippen molar-refractivity contribution in [1.82, 2.24) is 0 Å². The third kappa shape index (κ3) is 23.0. The molecule has 0 amide bonds. The van der Waals surface area contributed by atoms with Crippen molar-refractivity contribution in [3.63, 3.8) is 0 Å². The first-order chi connectivity index (χ1) is 36.9. The van der Waals surface area contributed by atoms with Gasteiger partial charge in [-0.1, -0.05) is 48.5 Å². The molecule has 0 saturated carbocycles. The van der Waals surface area contributed by atoms with Gasteiger partial charge in [-0.15, -0.1) is 0 Å². The van der Waals surface area contributed by atoms with E-state index in [0.29, 0.717) is 10.9 Å². The molecule has 2 aromatic rings. The zero-order valence-corrected chi connectivity index (χ0v) is 62.5. The number of benzene rings is 2. The van der Waals surface area contributed by atoms with Gasteiger partial charge >= 0.3 is 107 Å². The van der Waals surface area contributed by atoms with Gasteiger partial charge in [-0.05, 0) is 178 Å². The monoisotopic (exact) mass is 1310 g/mol. The second-order valence-corrected chi connectivity index (χ2v) is 62.9. The van der Waals surface area contributed by atoms with Crippen LogP contribution < -0.4 is 10.9 Å². The smallest absolute Gasteiger partial charge is 0.467 e. The normalized spacial score (nSPS) is 19.2. The van der Waals surface area contributed by atoms with Gasteiger partial charge < -0.3 is 74.6 Å². The standard InChI is InChI=1S/C48H92B2O21Si10/c1-55-45(51)41-42(46(52)56-2)60-49(59-41)39-29-25-37(26-30-39)33-35-72(5,6)63-74(9,10)65-76(13,14)67-78(17,18)69-80(21,22)71-81(23,24)70-79(19,20)68-77(15,16)66-75(11,12)64-73(7,8)36-34-38-27-31-40(32-28-38)50-61-43(47(53)57-3)44(62-50)48(54)58-4/h25-32,41-44H,33-36H2,1-24H3/t41-,42-,43-,44-/m0/s1. The summed E-state index contributed by atoms with van der Waals surface area (Å²) in [6.07, 6.45) is -3.36. The molecule has 33 heteroatoms. The summed E-state index contributed by atoms with van der Waals surface area (Å²) >= 11 is 0. The molecule has 0 N–H and O–H groups in total. The van der Waals surface area contributed by atoms with Gasteiger partial charge in [-0.2, -0.15) is 0 Å². The Kier molecular flexibility index (Phi) is 24.6. The average molecular weight is 1310 g/mol. The van der Waals surface area contributed by atoms with E-state index in [9.17, 15) is 19.2 Å². The van der Waals surface area contributed by atoms with Crippen LogP contribution >= 0.6 is 0 Å². The lowest BCUT2D eigenvalue weighted by Gasteiger charge is -2.44. The molecule has 0 unspecified atom stereocenters. The fourth-order valence-electron chi connectivity index (χ4n) is 10.7. The summed E-state index contributed by atoms with van der Waals surface area (Å²) in [6.45, 7) is 41.6. The van der Waals surface area contributed by atoms with Gasteiger partial charge in [0.05, 0.1) is 28.4 Å². The lowest BCUT2D eigenvalue weighted by atomic mass is 9.79. The number of hydrogen-bond donors (Lipinski definition) is 0. The predicted molar refractivity (Wildman–Crippen MR) is 333 cm³/mol. The number of carbonyl (C=O) groups is 4. The van der Waals surface area contributed by atoms with E-state index in [0.717, 1.165) is 36.1 Å². The highest BCUT2D eigenvalue weighted by Gasteiger charge is 2.53. The van der Waals surface area contributed by atoms with Gasteiger partial charge in [-0.25, -0.2) is 19.2 Å². The van der Waals surface area contributed by atoms with Crippen LogP contribution in [0.4, 0.5) is 0 Å². The van der Waals surface area contributed by atoms with Gasteiger partial charge in [0.25, 0.3) is 0 Å². The summed E-state index contributed by atoms with van der Waals surface area (Å²) in [5.74, 6) is -2.86. The summed E-state index contributed by atoms with van der Waals surface area (Å²) in [5, 5.41) is 0. The number of carbonyl (C=O) groups excluding carboxylic acids is 4. The Hall–Kier alpha value is -1.90. The minimum Gasteiger partial charge on any atom is -0.467 e. The van der Waals surface area contributed by atoms with Gasteiger partial charge in [0.2, 0.25) is 0 Å². The summed E-state index contributed by atoms with van der Waals surface area (Å²) < 4.78 is 104. The van der Waals surface area contributed by atoms with Crippen LogP contribution in [-0.4, -0.2) is 176 Å². The molecule has 0 radical (unpaired) electrons. The number of hydrogen-bond acceptors (Lipinski definition) is 21. The van der Waals surface area contributed by atoms with Crippen molar-refractivity contribution in [2.45, 2.75) is 180 Å². The second kappa shape index (κ2) is 27.9. The summed E-state index contributed by atoms with van der Waals surface area (Å²) in [5.41, 5.74) is 3.51. The van der Waals surface area contributed by atoms with Crippen LogP contribution in [0, 0.1) is 0 Å². The van der Waals surface area contributed by atoms with E-state index < -0.39 is 148 Å². The first-order valence-corrected chi connectivity index (χ1v) is 56.0. The van der Waals surface area contributed by atoms with Crippen LogP contribution in [-0.2, 0) is 107 Å². The Bertz CT molecular complexity index is 2240. The average Bonchev–Trinajstić information content (AvgIpc) is 3.95. The Morgan fingerprint density at radius 1 is 0.333 bits per heavy atom.